The van der Waals surface area contributed by atoms with Crippen molar-refractivity contribution in [2.75, 3.05) is 0 Å². The van der Waals surface area contributed by atoms with E-state index in [9.17, 15) is 5.26 Å². The lowest BCUT2D eigenvalue weighted by Gasteiger charge is -2.22. The lowest BCUT2D eigenvalue weighted by atomic mass is 9.92. The average Bonchev–Trinajstić information content (AvgIpc) is 3.62. The van der Waals surface area contributed by atoms with Crippen LogP contribution in [-0.2, 0) is 0 Å². The Morgan fingerprint density at radius 3 is 2.20 bits per heavy atom. The third kappa shape index (κ3) is 3.15. The first kappa shape index (κ1) is 22.6. The maximum absolute atomic E-state index is 9.63. The van der Waals surface area contributed by atoms with E-state index in [-0.39, 0.29) is 5.70 Å². The first-order valence-electron chi connectivity index (χ1n) is 12.9. The van der Waals surface area contributed by atoms with Gasteiger partial charge in [-0.05, 0) is 74.7 Å². The molecule has 6 aromatic rings. The minimum Gasteiger partial charge on any atom is -0.456 e. The van der Waals surface area contributed by atoms with E-state index in [1.807, 2.05) is 36.4 Å². The van der Waals surface area contributed by atoms with Crippen LogP contribution in [0, 0.1) is 17.9 Å². The smallest absolute Gasteiger partial charge is 0.270 e. The summed E-state index contributed by atoms with van der Waals surface area (Å²) in [5.41, 5.74) is 9.50. The Bertz CT molecular complexity index is 2150. The molecule has 0 atom stereocenters. The fourth-order valence-electron chi connectivity index (χ4n) is 6.04. The average molecular weight is 527 g/mol. The van der Waals surface area contributed by atoms with Crippen molar-refractivity contribution in [1.82, 2.24) is 0 Å². The molecule has 1 aromatic heterocycles. The van der Waals surface area contributed by atoms with Gasteiger partial charge in [-0.2, -0.15) is 0 Å². The third-order valence-corrected chi connectivity index (χ3v) is 8.95. The summed E-state index contributed by atoms with van der Waals surface area (Å²) in [7, 11) is 0. The predicted molar refractivity (Wildman–Crippen MR) is 162 cm³/mol. The largest absolute Gasteiger partial charge is 0.456 e. The molecule has 0 saturated heterocycles. The second-order valence-corrected chi connectivity index (χ2v) is 10.9. The zero-order valence-electron chi connectivity index (χ0n) is 21.1. The highest BCUT2D eigenvalue weighted by Gasteiger charge is 2.27. The van der Waals surface area contributed by atoms with E-state index in [0.717, 1.165) is 55.8 Å². The van der Waals surface area contributed by atoms with Crippen LogP contribution in [0.25, 0.3) is 64.3 Å². The van der Waals surface area contributed by atoms with E-state index in [4.69, 9.17) is 11.3 Å². The molecule has 0 N–H and O–H groups in total. The molecule has 1 aliphatic carbocycles. The molecule has 1 aliphatic heterocycles. The number of allylic oxidation sites excluding steroid dienone is 1. The van der Waals surface area contributed by atoms with Gasteiger partial charge in [-0.15, -0.1) is 11.3 Å². The van der Waals surface area contributed by atoms with Crippen molar-refractivity contribution in [3.8, 4) is 60.7 Å². The van der Waals surface area contributed by atoms with E-state index in [2.05, 4.69) is 83.7 Å². The van der Waals surface area contributed by atoms with Gasteiger partial charge in [-0.3, -0.25) is 0 Å². The van der Waals surface area contributed by atoms with Crippen LogP contribution in [0.4, 0.5) is 0 Å². The van der Waals surface area contributed by atoms with E-state index >= 15 is 0 Å². The summed E-state index contributed by atoms with van der Waals surface area (Å²) in [6.45, 7) is 7.54. The van der Waals surface area contributed by atoms with Gasteiger partial charge in [0.1, 0.15) is 11.5 Å². The molecule has 0 saturated carbocycles. The third-order valence-electron chi connectivity index (χ3n) is 7.79. The van der Waals surface area contributed by atoms with Crippen molar-refractivity contribution in [1.29, 1.82) is 5.26 Å². The number of hydrogen-bond donors (Lipinski definition) is 0. The maximum Gasteiger partial charge on any atom is 0.270 e. The van der Waals surface area contributed by atoms with Crippen molar-refractivity contribution in [2.45, 2.75) is 0 Å². The lowest BCUT2D eigenvalue weighted by molar-refractivity contribution is 0.487. The number of rotatable bonds is 2. The molecule has 2 heterocycles. The van der Waals surface area contributed by atoms with Crippen LogP contribution in [0.1, 0.15) is 11.1 Å². The van der Waals surface area contributed by atoms with Gasteiger partial charge in [0.15, 0.2) is 0 Å². The van der Waals surface area contributed by atoms with Crippen LogP contribution in [0.2, 0.25) is 0 Å². The highest BCUT2D eigenvalue weighted by molar-refractivity contribution is 7.18. The fourth-order valence-corrected chi connectivity index (χ4v) is 7.09. The molecule has 184 valence electrons. The monoisotopic (exact) mass is 526 g/mol. The van der Waals surface area contributed by atoms with E-state index in [1.165, 1.54) is 26.3 Å². The molecule has 0 bridgehead atoms. The molecule has 0 amide bonds. The SMILES string of the molecule is [C-]#[N+]/C(C#N)=C1/c2ccccc2-c2cc(-c3ccc(-c4ccc5c6c(cccc46)Oc4ccccc4-5)s3)ccc21. The van der Waals surface area contributed by atoms with Crippen LogP contribution >= 0.6 is 11.3 Å². The quantitative estimate of drug-likeness (QED) is 0.166. The normalized spacial score (nSPS) is 13.4. The molecule has 0 spiro atoms. The molecule has 0 unspecified atom stereocenters. The molecule has 0 fully saturated rings. The van der Waals surface area contributed by atoms with Crippen molar-refractivity contribution in [3.05, 3.63) is 137 Å². The Balaban J connectivity index is 1.25. The van der Waals surface area contributed by atoms with E-state index in [0.29, 0.717) is 0 Å². The van der Waals surface area contributed by atoms with Gasteiger partial charge >= 0.3 is 0 Å². The molecule has 2 aliphatic rings. The Labute approximate surface area is 235 Å². The van der Waals surface area contributed by atoms with Gasteiger partial charge in [-0.25, -0.2) is 10.1 Å². The van der Waals surface area contributed by atoms with Crippen LogP contribution in [0.15, 0.2) is 115 Å². The minimum absolute atomic E-state index is 0.131. The van der Waals surface area contributed by atoms with Gasteiger partial charge in [0.25, 0.3) is 5.70 Å². The van der Waals surface area contributed by atoms with Crippen LogP contribution in [0.3, 0.4) is 0 Å². The second kappa shape index (κ2) is 8.55. The first-order valence-corrected chi connectivity index (χ1v) is 13.8. The summed E-state index contributed by atoms with van der Waals surface area (Å²) in [5, 5.41) is 12.0. The number of ether oxygens (including phenoxy) is 1. The van der Waals surface area contributed by atoms with Gasteiger partial charge < -0.3 is 4.74 Å². The summed E-state index contributed by atoms with van der Waals surface area (Å²) >= 11 is 1.77. The van der Waals surface area contributed by atoms with Gasteiger partial charge in [0.05, 0.1) is 12.6 Å². The topological polar surface area (TPSA) is 37.4 Å². The Hall–Kier alpha value is -5.42. The highest BCUT2D eigenvalue weighted by atomic mass is 32.1. The van der Waals surface area contributed by atoms with Crippen LogP contribution < -0.4 is 4.74 Å². The predicted octanol–water partition coefficient (Wildman–Crippen LogP) is 10.2. The fraction of sp³-hybridized carbons (Fsp3) is 0. The lowest BCUT2D eigenvalue weighted by Crippen LogP contribution is -1.97. The Morgan fingerprint density at radius 1 is 0.650 bits per heavy atom. The summed E-state index contributed by atoms with van der Waals surface area (Å²) in [5.74, 6) is 1.78. The van der Waals surface area contributed by atoms with Crippen molar-refractivity contribution >= 4 is 27.7 Å². The van der Waals surface area contributed by atoms with Crippen molar-refractivity contribution < 1.29 is 4.74 Å². The van der Waals surface area contributed by atoms with Gasteiger partial charge in [0, 0.05) is 26.3 Å². The van der Waals surface area contributed by atoms with E-state index < -0.39 is 0 Å². The number of nitrogens with zero attached hydrogens (tertiary/aromatic N) is 2. The summed E-state index contributed by atoms with van der Waals surface area (Å²) in [6.07, 6.45) is 0. The minimum atomic E-state index is 0.131. The maximum atomic E-state index is 9.63. The second-order valence-electron chi connectivity index (χ2n) is 9.85. The standard InChI is InChI=1S/C36H18N2OS/c1-38-30(20-37)35-25-9-3-2-7-22(25)29-19-21(13-14-28(29)35)33-17-18-34(40-33)24-15-16-27-23-8-4-5-11-31(23)39-32-12-6-10-26(24)36(27)32/h2-19H/b35-30-. The number of hydrogen-bond acceptors (Lipinski definition) is 3. The Kier molecular flexibility index (Phi) is 4.82. The summed E-state index contributed by atoms with van der Waals surface area (Å²) < 4.78 is 6.29. The van der Waals surface area contributed by atoms with Gasteiger partial charge in [0.2, 0.25) is 0 Å². The zero-order chi connectivity index (χ0) is 26.8. The number of benzene rings is 5. The molecule has 3 nitrogen and oxygen atoms in total. The molecule has 40 heavy (non-hydrogen) atoms. The molecule has 4 heteroatoms. The summed E-state index contributed by atoms with van der Waals surface area (Å²) in [4.78, 5) is 5.89. The van der Waals surface area contributed by atoms with Crippen LogP contribution in [-0.4, -0.2) is 0 Å². The number of para-hydroxylation sites is 1. The Morgan fingerprint density at radius 2 is 1.35 bits per heavy atom. The molecule has 8 rings (SSSR count). The molecular formula is C36H18N2OS. The number of fused-ring (bicyclic) bond motifs is 5. The van der Waals surface area contributed by atoms with E-state index in [1.54, 1.807) is 11.3 Å². The molecule has 5 aromatic carbocycles. The van der Waals surface area contributed by atoms with Gasteiger partial charge in [-0.1, -0.05) is 78.9 Å². The highest BCUT2D eigenvalue weighted by Crippen LogP contribution is 2.50. The summed E-state index contributed by atoms with van der Waals surface area (Å²) in [6, 6.07) is 39.8. The first-order chi connectivity index (χ1) is 19.7. The van der Waals surface area contributed by atoms with Crippen LogP contribution in [0.5, 0.6) is 11.5 Å². The molecular weight excluding hydrogens is 508 g/mol. The zero-order valence-corrected chi connectivity index (χ0v) is 21.9. The molecule has 0 radical (unpaired) electrons. The van der Waals surface area contributed by atoms with Crippen molar-refractivity contribution in [3.63, 3.8) is 0 Å². The van der Waals surface area contributed by atoms with Crippen molar-refractivity contribution in [2.24, 2.45) is 0 Å². The number of thiophene rings is 1. The number of nitriles is 1.